The number of thiophene rings is 1. The zero-order valence-corrected chi connectivity index (χ0v) is 11.2. The summed E-state index contributed by atoms with van der Waals surface area (Å²) in [5, 5.41) is 2.09. The van der Waals surface area contributed by atoms with Crippen LogP contribution in [0.3, 0.4) is 0 Å². The fraction of sp³-hybridized carbons (Fsp3) is 0.500. The molecule has 0 spiro atoms. The van der Waals surface area contributed by atoms with Gasteiger partial charge in [0, 0.05) is 23.3 Å². The lowest BCUT2D eigenvalue weighted by atomic mass is 9.81. The first-order chi connectivity index (χ1) is 9.16. The summed E-state index contributed by atoms with van der Waals surface area (Å²) in [4.78, 5) is 5.54. The normalized spacial score (nSPS) is 25.3. The molecule has 2 nitrogen and oxygen atoms in total. The van der Waals surface area contributed by atoms with E-state index in [0.717, 1.165) is 5.69 Å². The molecule has 0 saturated heterocycles. The van der Waals surface area contributed by atoms with Crippen LogP contribution in [0.4, 0.5) is 8.78 Å². The van der Waals surface area contributed by atoms with E-state index in [1.54, 1.807) is 11.3 Å². The molecule has 1 fully saturated rings. The number of halogens is 2. The Bertz CT molecular complexity index is 566. The van der Waals surface area contributed by atoms with Gasteiger partial charge in [-0.05, 0) is 30.2 Å². The van der Waals surface area contributed by atoms with Gasteiger partial charge in [-0.1, -0.05) is 0 Å². The molecule has 0 radical (unpaired) electrons. The average molecular weight is 280 g/mol. The van der Waals surface area contributed by atoms with Gasteiger partial charge in [0.1, 0.15) is 0 Å². The van der Waals surface area contributed by atoms with E-state index in [9.17, 15) is 8.78 Å². The van der Waals surface area contributed by atoms with E-state index in [4.69, 9.17) is 0 Å². The molecule has 2 aromatic heterocycles. The molecule has 0 bridgehead atoms. The predicted octanol–water partition coefficient (Wildman–Crippen LogP) is 4.34. The van der Waals surface area contributed by atoms with Crippen molar-refractivity contribution < 1.29 is 8.78 Å². The van der Waals surface area contributed by atoms with Crippen molar-refractivity contribution in [1.29, 1.82) is 0 Å². The van der Waals surface area contributed by atoms with E-state index < -0.39 is 5.92 Å². The summed E-state index contributed by atoms with van der Waals surface area (Å²) in [5.74, 6) is -2.14. The lowest BCUT2D eigenvalue weighted by Crippen LogP contribution is -2.29. The van der Waals surface area contributed by atoms with Crippen molar-refractivity contribution in [3.63, 3.8) is 0 Å². The van der Waals surface area contributed by atoms with Crippen LogP contribution in [0, 0.1) is 5.92 Å². The lowest BCUT2D eigenvalue weighted by molar-refractivity contribution is -0.0492. The molecule has 19 heavy (non-hydrogen) atoms. The van der Waals surface area contributed by atoms with E-state index in [0.29, 0.717) is 18.8 Å². The largest absolute Gasteiger partial charge is 0.322 e. The molecular formula is C14H14F2N2S. The number of fused-ring (bicyclic) bond motifs is 3. The Kier molecular flexibility index (Phi) is 2.37. The van der Waals surface area contributed by atoms with Gasteiger partial charge in [0.15, 0.2) is 0 Å². The Balaban J connectivity index is 1.70. The Hall–Kier alpha value is -1.23. The molecule has 5 heteroatoms. The van der Waals surface area contributed by atoms with Gasteiger partial charge in [-0.2, -0.15) is 0 Å². The maximum Gasteiger partial charge on any atom is 0.248 e. The van der Waals surface area contributed by atoms with Gasteiger partial charge in [0.05, 0.1) is 24.3 Å². The van der Waals surface area contributed by atoms with E-state index in [1.807, 2.05) is 12.5 Å². The van der Waals surface area contributed by atoms with Crippen molar-refractivity contribution in [1.82, 2.24) is 9.55 Å². The van der Waals surface area contributed by atoms with Crippen LogP contribution in [0.25, 0.3) is 11.3 Å². The SMILES string of the molecule is FC1(F)CCC([C@H]2c3sccc3-c3cncn32)CC1. The number of imidazole rings is 1. The maximum atomic E-state index is 13.3. The second-order valence-electron chi connectivity index (χ2n) is 5.52. The number of rotatable bonds is 1. The van der Waals surface area contributed by atoms with Gasteiger partial charge in [0.2, 0.25) is 5.92 Å². The number of hydrogen-bond acceptors (Lipinski definition) is 2. The fourth-order valence-electron chi connectivity index (χ4n) is 3.44. The van der Waals surface area contributed by atoms with Crippen LogP contribution in [0.2, 0.25) is 0 Å². The van der Waals surface area contributed by atoms with Gasteiger partial charge >= 0.3 is 0 Å². The summed E-state index contributed by atoms with van der Waals surface area (Å²) < 4.78 is 28.8. The molecule has 1 saturated carbocycles. The Labute approximate surface area is 114 Å². The highest BCUT2D eigenvalue weighted by atomic mass is 32.1. The fourth-order valence-corrected chi connectivity index (χ4v) is 4.54. The monoisotopic (exact) mass is 280 g/mol. The topological polar surface area (TPSA) is 17.8 Å². The molecule has 0 aromatic carbocycles. The summed E-state index contributed by atoms with van der Waals surface area (Å²) in [5.41, 5.74) is 2.38. The summed E-state index contributed by atoms with van der Waals surface area (Å²) in [6.45, 7) is 0. The van der Waals surface area contributed by atoms with Gasteiger partial charge < -0.3 is 4.57 Å². The molecule has 2 aromatic rings. The van der Waals surface area contributed by atoms with Crippen molar-refractivity contribution in [2.45, 2.75) is 37.6 Å². The Morgan fingerprint density at radius 2 is 2.11 bits per heavy atom. The average Bonchev–Trinajstić information content (AvgIpc) is 3.02. The van der Waals surface area contributed by atoms with Crippen LogP contribution in [-0.4, -0.2) is 15.5 Å². The quantitative estimate of drug-likeness (QED) is 0.759. The molecule has 0 unspecified atom stereocenters. The maximum absolute atomic E-state index is 13.3. The molecule has 4 rings (SSSR count). The molecular weight excluding hydrogens is 266 g/mol. The molecule has 0 amide bonds. The summed E-state index contributed by atoms with van der Waals surface area (Å²) >= 11 is 1.74. The second kappa shape index (κ2) is 3.88. The van der Waals surface area contributed by atoms with Gasteiger partial charge in [-0.25, -0.2) is 13.8 Å². The lowest BCUT2D eigenvalue weighted by Gasteiger charge is -2.32. The van der Waals surface area contributed by atoms with Gasteiger partial charge in [-0.3, -0.25) is 0 Å². The van der Waals surface area contributed by atoms with Crippen LogP contribution in [0.1, 0.15) is 36.6 Å². The van der Waals surface area contributed by atoms with Gasteiger partial charge in [0.25, 0.3) is 0 Å². The zero-order valence-electron chi connectivity index (χ0n) is 10.4. The molecule has 2 aliphatic rings. The highest BCUT2D eigenvalue weighted by Gasteiger charge is 2.42. The second-order valence-corrected chi connectivity index (χ2v) is 6.47. The summed E-state index contributed by atoms with van der Waals surface area (Å²) in [6, 6.07) is 2.34. The number of aromatic nitrogens is 2. The van der Waals surface area contributed by atoms with Crippen molar-refractivity contribution in [3.8, 4) is 11.3 Å². The first-order valence-electron chi connectivity index (χ1n) is 6.63. The van der Waals surface area contributed by atoms with Gasteiger partial charge in [-0.15, -0.1) is 11.3 Å². The van der Waals surface area contributed by atoms with Crippen molar-refractivity contribution in [3.05, 3.63) is 28.8 Å². The third-order valence-electron chi connectivity index (χ3n) is 4.41. The van der Waals surface area contributed by atoms with E-state index >= 15 is 0 Å². The van der Waals surface area contributed by atoms with E-state index in [1.165, 1.54) is 10.4 Å². The Morgan fingerprint density at radius 1 is 1.32 bits per heavy atom. The highest BCUT2D eigenvalue weighted by Crippen LogP contribution is 2.50. The van der Waals surface area contributed by atoms with Crippen LogP contribution in [0.15, 0.2) is 24.0 Å². The summed E-state index contributed by atoms with van der Waals surface area (Å²) in [7, 11) is 0. The minimum absolute atomic E-state index is 0.0267. The van der Waals surface area contributed by atoms with Crippen molar-refractivity contribution >= 4 is 11.3 Å². The smallest absolute Gasteiger partial charge is 0.248 e. The Morgan fingerprint density at radius 3 is 2.89 bits per heavy atom. The number of alkyl halides is 2. The molecule has 100 valence electrons. The standard InChI is InChI=1S/C14H14F2N2S/c15-14(16)4-1-9(2-5-14)12-13-10(3-6-19-13)11-7-17-8-18(11)12/h3,6-9,12H,1-2,4-5H2/t12-/m0/s1. The molecule has 0 N–H and O–H groups in total. The molecule has 1 aliphatic carbocycles. The van der Waals surface area contributed by atoms with Crippen molar-refractivity contribution in [2.75, 3.05) is 0 Å². The molecule has 1 aliphatic heterocycles. The predicted molar refractivity (Wildman–Crippen MR) is 70.6 cm³/mol. The first kappa shape index (κ1) is 11.6. The number of hydrogen-bond donors (Lipinski definition) is 0. The van der Waals surface area contributed by atoms with Crippen LogP contribution in [-0.2, 0) is 0 Å². The summed E-state index contributed by atoms with van der Waals surface area (Å²) in [6.07, 6.45) is 4.99. The minimum Gasteiger partial charge on any atom is -0.322 e. The third kappa shape index (κ3) is 1.67. The van der Waals surface area contributed by atoms with E-state index in [2.05, 4.69) is 21.0 Å². The van der Waals surface area contributed by atoms with E-state index in [-0.39, 0.29) is 18.9 Å². The zero-order chi connectivity index (χ0) is 13.0. The van der Waals surface area contributed by atoms with Crippen molar-refractivity contribution in [2.24, 2.45) is 5.92 Å². The van der Waals surface area contributed by atoms with Crippen LogP contribution >= 0.6 is 11.3 Å². The minimum atomic E-state index is -2.45. The van der Waals surface area contributed by atoms with Crippen LogP contribution < -0.4 is 0 Å². The third-order valence-corrected chi connectivity index (χ3v) is 5.40. The number of nitrogens with zero attached hydrogens (tertiary/aromatic N) is 2. The van der Waals surface area contributed by atoms with Crippen LogP contribution in [0.5, 0.6) is 0 Å². The molecule has 1 atom stereocenters. The molecule has 3 heterocycles. The first-order valence-corrected chi connectivity index (χ1v) is 7.51. The highest BCUT2D eigenvalue weighted by molar-refractivity contribution is 7.10.